The van der Waals surface area contributed by atoms with E-state index in [2.05, 4.69) is 5.32 Å². The van der Waals surface area contributed by atoms with Crippen LogP contribution in [0.15, 0.2) is 30.3 Å². The number of rotatable bonds is 7. The summed E-state index contributed by atoms with van der Waals surface area (Å²) in [5.41, 5.74) is 1.06. The van der Waals surface area contributed by atoms with Gasteiger partial charge in [-0.25, -0.2) is 0 Å². The molecule has 0 aliphatic heterocycles. The summed E-state index contributed by atoms with van der Waals surface area (Å²) in [6.45, 7) is 0.432. The zero-order chi connectivity index (χ0) is 13.7. The maximum Gasteiger partial charge on any atom is 0.303 e. The molecule has 0 bridgehead atoms. The fraction of sp³-hybridized carbons (Fsp3) is 0.467. The van der Waals surface area contributed by atoms with Crippen molar-refractivity contribution in [2.24, 2.45) is 5.92 Å². The molecule has 0 heterocycles. The number of nitrogens with one attached hydrogen (secondary N) is 1. The summed E-state index contributed by atoms with van der Waals surface area (Å²) >= 11 is 0. The van der Waals surface area contributed by atoms with Gasteiger partial charge in [0, 0.05) is 13.0 Å². The van der Waals surface area contributed by atoms with E-state index in [9.17, 15) is 9.59 Å². The van der Waals surface area contributed by atoms with E-state index in [1.165, 1.54) is 0 Å². The molecule has 1 atom stereocenters. The van der Waals surface area contributed by atoms with Crippen LogP contribution in [0.3, 0.4) is 0 Å². The van der Waals surface area contributed by atoms with Crippen molar-refractivity contribution in [2.45, 2.75) is 31.6 Å². The normalized spacial score (nSPS) is 15.8. The lowest BCUT2D eigenvalue weighted by atomic mass is 9.93. The van der Waals surface area contributed by atoms with E-state index in [1.54, 1.807) is 0 Å². The Morgan fingerprint density at radius 2 is 1.95 bits per heavy atom. The first-order chi connectivity index (χ1) is 9.18. The molecule has 1 aromatic carbocycles. The Hall–Kier alpha value is -1.84. The van der Waals surface area contributed by atoms with E-state index in [1.807, 2.05) is 30.3 Å². The monoisotopic (exact) mass is 261 g/mol. The summed E-state index contributed by atoms with van der Waals surface area (Å²) in [4.78, 5) is 22.6. The van der Waals surface area contributed by atoms with Crippen LogP contribution in [0.2, 0.25) is 0 Å². The van der Waals surface area contributed by atoms with Crippen LogP contribution < -0.4 is 5.32 Å². The quantitative estimate of drug-likeness (QED) is 0.739. The third-order valence-electron chi connectivity index (χ3n) is 3.40. The van der Waals surface area contributed by atoms with Gasteiger partial charge in [0.05, 0.1) is 5.92 Å². The molecular weight excluding hydrogens is 242 g/mol. The zero-order valence-corrected chi connectivity index (χ0v) is 10.8. The Kier molecular flexibility index (Phi) is 4.55. The van der Waals surface area contributed by atoms with E-state index in [-0.39, 0.29) is 18.2 Å². The number of aliphatic carboxylic acids is 1. The summed E-state index contributed by atoms with van der Waals surface area (Å²) in [5.74, 6) is -0.428. The maximum absolute atomic E-state index is 12.2. The standard InChI is InChI=1S/C15H19NO3/c17-13(18)7-4-10-16-15(19)14(12-8-9-12)11-5-2-1-3-6-11/h1-3,5-6,12,14H,4,7-10H2,(H,16,19)(H,17,18). The summed E-state index contributed by atoms with van der Waals surface area (Å²) < 4.78 is 0. The van der Waals surface area contributed by atoms with Crippen LogP contribution in [0.4, 0.5) is 0 Å². The molecule has 1 fully saturated rings. The molecule has 1 saturated carbocycles. The van der Waals surface area contributed by atoms with Gasteiger partial charge in [0.25, 0.3) is 0 Å². The van der Waals surface area contributed by atoms with Crippen LogP contribution in [-0.2, 0) is 9.59 Å². The molecule has 1 amide bonds. The molecule has 1 aliphatic carbocycles. The molecule has 19 heavy (non-hydrogen) atoms. The lowest BCUT2D eigenvalue weighted by Gasteiger charge is -2.16. The van der Waals surface area contributed by atoms with Crippen molar-refractivity contribution < 1.29 is 14.7 Å². The Morgan fingerprint density at radius 1 is 1.26 bits per heavy atom. The van der Waals surface area contributed by atoms with Crippen LogP contribution in [0.25, 0.3) is 0 Å². The van der Waals surface area contributed by atoms with Gasteiger partial charge in [-0.05, 0) is 30.7 Å². The fourth-order valence-corrected chi connectivity index (χ4v) is 2.29. The minimum atomic E-state index is -0.823. The third-order valence-corrected chi connectivity index (χ3v) is 3.40. The van der Waals surface area contributed by atoms with Gasteiger partial charge in [0.15, 0.2) is 0 Å². The van der Waals surface area contributed by atoms with Crippen molar-refractivity contribution in [2.75, 3.05) is 6.54 Å². The zero-order valence-electron chi connectivity index (χ0n) is 10.8. The van der Waals surface area contributed by atoms with Crippen LogP contribution in [0.5, 0.6) is 0 Å². The molecule has 0 spiro atoms. The molecule has 1 unspecified atom stereocenters. The number of amides is 1. The average Bonchev–Trinajstić information content (AvgIpc) is 3.21. The highest BCUT2D eigenvalue weighted by molar-refractivity contribution is 5.84. The minimum absolute atomic E-state index is 0.0269. The van der Waals surface area contributed by atoms with Gasteiger partial charge in [-0.1, -0.05) is 30.3 Å². The van der Waals surface area contributed by atoms with Gasteiger partial charge in [0.2, 0.25) is 5.91 Å². The Balaban J connectivity index is 1.89. The van der Waals surface area contributed by atoms with E-state index < -0.39 is 5.97 Å². The molecule has 2 N–H and O–H groups in total. The van der Waals surface area contributed by atoms with Gasteiger partial charge >= 0.3 is 5.97 Å². The van der Waals surface area contributed by atoms with E-state index in [0.717, 1.165) is 18.4 Å². The number of carbonyl (C=O) groups is 2. The van der Waals surface area contributed by atoms with Crippen LogP contribution in [0.1, 0.15) is 37.2 Å². The summed E-state index contributed by atoms with van der Waals surface area (Å²) in [6, 6.07) is 9.81. The molecule has 4 heteroatoms. The minimum Gasteiger partial charge on any atom is -0.481 e. The molecular formula is C15H19NO3. The van der Waals surface area contributed by atoms with Crippen LogP contribution in [0, 0.1) is 5.92 Å². The fourth-order valence-electron chi connectivity index (χ4n) is 2.29. The maximum atomic E-state index is 12.2. The predicted molar refractivity (Wildman–Crippen MR) is 71.8 cm³/mol. The number of benzene rings is 1. The lowest BCUT2D eigenvalue weighted by Crippen LogP contribution is -2.31. The molecule has 0 radical (unpaired) electrons. The van der Waals surface area contributed by atoms with Gasteiger partial charge in [-0.3, -0.25) is 9.59 Å². The molecule has 1 aliphatic rings. The van der Waals surface area contributed by atoms with E-state index in [0.29, 0.717) is 18.9 Å². The first kappa shape index (κ1) is 13.6. The van der Waals surface area contributed by atoms with Gasteiger partial charge in [-0.2, -0.15) is 0 Å². The van der Waals surface area contributed by atoms with E-state index in [4.69, 9.17) is 5.11 Å². The van der Waals surface area contributed by atoms with Crippen molar-refractivity contribution in [3.63, 3.8) is 0 Å². The van der Waals surface area contributed by atoms with Gasteiger partial charge in [0.1, 0.15) is 0 Å². The number of carboxylic acid groups (broad SMARTS) is 1. The number of hydrogen-bond acceptors (Lipinski definition) is 2. The summed E-state index contributed by atoms with van der Waals surface area (Å²) in [5, 5.41) is 11.4. The third kappa shape index (κ3) is 4.09. The summed E-state index contributed by atoms with van der Waals surface area (Å²) in [6.07, 6.45) is 2.77. The van der Waals surface area contributed by atoms with Gasteiger partial charge in [-0.15, -0.1) is 0 Å². The smallest absolute Gasteiger partial charge is 0.303 e. The van der Waals surface area contributed by atoms with Crippen LogP contribution in [-0.4, -0.2) is 23.5 Å². The second kappa shape index (κ2) is 6.36. The number of carbonyl (C=O) groups excluding carboxylic acids is 1. The highest BCUT2D eigenvalue weighted by Crippen LogP contribution is 2.42. The van der Waals surface area contributed by atoms with Crippen molar-refractivity contribution in [3.05, 3.63) is 35.9 Å². The largest absolute Gasteiger partial charge is 0.481 e. The topological polar surface area (TPSA) is 66.4 Å². The molecule has 0 aromatic heterocycles. The Labute approximate surface area is 112 Å². The Morgan fingerprint density at radius 3 is 2.53 bits per heavy atom. The lowest BCUT2D eigenvalue weighted by molar-refractivity contribution is -0.137. The first-order valence-corrected chi connectivity index (χ1v) is 6.73. The highest BCUT2D eigenvalue weighted by atomic mass is 16.4. The van der Waals surface area contributed by atoms with Gasteiger partial charge < -0.3 is 10.4 Å². The number of carboxylic acids is 1. The van der Waals surface area contributed by atoms with E-state index >= 15 is 0 Å². The average molecular weight is 261 g/mol. The van der Waals surface area contributed by atoms with Crippen molar-refractivity contribution >= 4 is 11.9 Å². The first-order valence-electron chi connectivity index (χ1n) is 6.73. The number of hydrogen-bond donors (Lipinski definition) is 2. The molecule has 4 nitrogen and oxygen atoms in total. The second-order valence-corrected chi connectivity index (χ2v) is 5.01. The molecule has 2 rings (SSSR count). The van der Waals surface area contributed by atoms with Crippen molar-refractivity contribution in [3.8, 4) is 0 Å². The molecule has 1 aromatic rings. The highest BCUT2D eigenvalue weighted by Gasteiger charge is 2.36. The van der Waals surface area contributed by atoms with Crippen LogP contribution >= 0.6 is 0 Å². The van der Waals surface area contributed by atoms with Crippen molar-refractivity contribution in [1.82, 2.24) is 5.32 Å². The van der Waals surface area contributed by atoms with Crippen molar-refractivity contribution in [1.29, 1.82) is 0 Å². The molecule has 102 valence electrons. The Bertz CT molecular complexity index is 440. The molecule has 0 saturated heterocycles. The SMILES string of the molecule is O=C(O)CCCNC(=O)C(c1ccccc1)C1CC1. The summed E-state index contributed by atoms with van der Waals surface area (Å²) in [7, 11) is 0. The predicted octanol–water partition coefficient (Wildman–Crippen LogP) is 2.16. The second-order valence-electron chi connectivity index (χ2n) is 5.01.